The Morgan fingerprint density at radius 1 is 1.56 bits per heavy atom. The molecule has 0 spiro atoms. The van der Waals surface area contributed by atoms with Gasteiger partial charge in [0.15, 0.2) is 0 Å². The molecule has 1 atom stereocenters. The number of hydrogen-bond donors (Lipinski definition) is 2. The minimum absolute atomic E-state index is 0.0888. The monoisotopic (exact) mass is 251 g/mol. The highest BCUT2D eigenvalue weighted by Crippen LogP contribution is 2.31. The van der Waals surface area contributed by atoms with Gasteiger partial charge in [-0.15, -0.1) is 0 Å². The van der Waals surface area contributed by atoms with Crippen molar-refractivity contribution in [2.24, 2.45) is 5.73 Å². The summed E-state index contributed by atoms with van der Waals surface area (Å²) in [6.45, 7) is 0.841. The lowest BCUT2D eigenvalue weighted by atomic mass is 10.1. The third-order valence-corrected chi connectivity index (χ3v) is 2.96. The van der Waals surface area contributed by atoms with E-state index in [1.807, 2.05) is 0 Å². The summed E-state index contributed by atoms with van der Waals surface area (Å²) in [5.74, 6) is -0.633. The Balaban J connectivity index is 2.44. The zero-order chi connectivity index (χ0) is 13.3. The molecule has 1 aromatic rings. The fraction of sp³-hybridized carbons (Fsp3) is 0.364. The van der Waals surface area contributed by atoms with E-state index in [2.05, 4.69) is 0 Å². The van der Waals surface area contributed by atoms with Crippen LogP contribution in [0.25, 0.3) is 0 Å². The van der Waals surface area contributed by atoms with Crippen molar-refractivity contribution in [3.8, 4) is 0 Å². The molecule has 7 nitrogen and oxygen atoms in total. The van der Waals surface area contributed by atoms with Crippen molar-refractivity contribution < 1.29 is 14.8 Å². The molecule has 7 heteroatoms. The van der Waals surface area contributed by atoms with Gasteiger partial charge in [0.1, 0.15) is 5.69 Å². The Bertz CT molecular complexity index is 503. The lowest BCUT2D eigenvalue weighted by molar-refractivity contribution is -0.384. The molecule has 1 unspecified atom stereocenters. The van der Waals surface area contributed by atoms with E-state index in [0.29, 0.717) is 25.2 Å². The standard InChI is InChI=1S/C11H13N3O4/c12-11(16)7-1-2-9(14(17)18)10(5-7)13-4-3-8(15)6-13/h1-2,5,8,15H,3-4,6H2,(H2,12,16). The van der Waals surface area contributed by atoms with Gasteiger partial charge in [-0.1, -0.05) is 0 Å². The number of carbonyl (C=O) groups excluding carboxylic acids is 1. The number of anilines is 1. The number of primary amides is 1. The minimum atomic E-state index is -0.633. The summed E-state index contributed by atoms with van der Waals surface area (Å²) >= 11 is 0. The van der Waals surface area contributed by atoms with Crippen LogP contribution in [0, 0.1) is 10.1 Å². The molecule has 0 bridgehead atoms. The van der Waals surface area contributed by atoms with Gasteiger partial charge in [0.25, 0.3) is 5.69 Å². The van der Waals surface area contributed by atoms with E-state index < -0.39 is 16.9 Å². The second-order valence-electron chi connectivity index (χ2n) is 4.21. The number of aliphatic hydroxyl groups is 1. The molecule has 1 amide bonds. The first-order valence-electron chi connectivity index (χ1n) is 5.50. The molecule has 18 heavy (non-hydrogen) atoms. The average Bonchev–Trinajstić information content (AvgIpc) is 2.74. The quantitative estimate of drug-likeness (QED) is 0.591. The van der Waals surface area contributed by atoms with Gasteiger partial charge >= 0.3 is 0 Å². The van der Waals surface area contributed by atoms with Crippen LogP contribution in [0.15, 0.2) is 18.2 Å². The van der Waals surface area contributed by atoms with E-state index in [9.17, 15) is 20.0 Å². The van der Waals surface area contributed by atoms with Crippen molar-refractivity contribution in [2.75, 3.05) is 18.0 Å². The van der Waals surface area contributed by atoms with Crippen molar-refractivity contribution >= 4 is 17.3 Å². The van der Waals surface area contributed by atoms with Gasteiger partial charge < -0.3 is 15.7 Å². The largest absolute Gasteiger partial charge is 0.391 e. The summed E-state index contributed by atoms with van der Waals surface area (Å²) in [5.41, 5.74) is 5.62. The first-order chi connectivity index (χ1) is 8.49. The Labute approximate surface area is 103 Å². The molecule has 1 fully saturated rings. The van der Waals surface area contributed by atoms with Gasteiger partial charge in [-0.2, -0.15) is 0 Å². The Hall–Kier alpha value is -2.15. The number of nitrogens with zero attached hydrogens (tertiary/aromatic N) is 2. The van der Waals surface area contributed by atoms with Gasteiger partial charge in [-0.05, 0) is 18.6 Å². The van der Waals surface area contributed by atoms with Crippen LogP contribution in [0.3, 0.4) is 0 Å². The highest BCUT2D eigenvalue weighted by molar-refractivity contribution is 5.94. The van der Waals surface area contributed by atoms with E-state index >= 15 is 0 Å². The molecule has 96 valence electrons. The van der Waals surface area contributed by atoms with E-state index in [4.69, 9.17) is 5.73 Å². The third-order valence-electron chi connectivity index (χ3n) is 2.96. The van der Waals surface area contributed by atoms with Crippen molar-refractivity contribution in [3.63, 3.8) is 0 Å². The second-order valence-corrected chi connectivity index (χ2v) is 4.21. The summed E-state index contributed by atoms with van der Waals surface area (Å²) in [7, 11) is 0. The third kappa shape index (κ3) is 2.25. The van der Waals surface area contributed by atoms with E-state index in [-0.39, 0.29) is 11.3 Å². The predicted molar refractivity (Wildman–Crippen MR) is 64.5 cm³/mol. The Kier molecular flexibility index (Phi) is 3.15. The van der Waals surface area contributed by atoms with Crippen LogP contribution in [-0.4, -0.2) is 35.1 Å². The number of carbonyl (C=O) groups is 1. The SMILES string of the molecule is NC(=O)c1ccc([N+](=O)[O-])c(N2CCC(O)C2)c1. The second kappa shape index (κ2) is 4.61. The maximum absolute atomic E-state index is 11.1. The van der Waals surface area contributed by atoms with Crippen LogP contribution >= 0.6 is 0 Å². The number of rotatable bonds is 3. The fourth-order valence-corrected chi connectivity index (χ4v) is 2.05. The molecule has 0 radical (unpaired) electrons. The summed E-state index contributed by atoms with van der Waals surface area (Å²) in [6.07, 6.45) is 0.0552. The minimum Gasteiger partial charge on any atom is -0.391 e. The lowest BCUT2D eigenvalue weighted by Gasteiger charge is -2.18. The molecule has 1 heterocycles. The smallest absolute Gasteiger partial charge is 0.292 e. The predicted octanol–water partition coefficient (Wildman–Crippen LogP) is 0.265. The van der Waals surface area contributed by atoms with Crippen LogP contribution in [0.5, 0.6) is 0 Å². The van der Waals surface area contributed by atoms with Gasteiger partial charge in [0.05, 0.1) is 11.0 Å². The molecule has 3 N–H and O–H groups in total. The Morgan fingerprint density at radius 3 is 2.78 bits per heavy atom. The zero-order valence-corrected chi connectivity index (χ0v) is 9.57. The molecule has 0 aromatic heterocycles. The fourth-order valence-electron chi connectivity index (χ4n) is 2.05. The number of aliphatic hydroxyl groups excluding tert-OH is 1. The Morgan fingerprint density at radius 2 is 2.28 bits per heavy atom. The average molecular weight is 251 g/mol. The highest BCUT2D eigenvalue weighted by atomic mass is 16.6. The van der Waals surface area contributed by atoms with Crippen LogP contribution < -0.4 is 10.6 Å². The van der Waals surface area contributed by atoms with Crippen LogP contribution in [-0.2, 0) is 0 Å². The molecule has 0 aliphatic carbocycles. The van der Waals surface area contributed by atoms with Crippen molar-refractivity contribution in [1.29, 1.82) is 0 Å². The van der Waals surface area contributed by atoms with Crippen molar-refractivity contribution in [3.05, 3.63) is 33.9 Å². The molecule has 1 aliphatic rings. The molecule has 2 rings (SSSR count). The van der Waals surface area contributed by atoms with Gasteiger partial charge in [0.2, 0.25) is 5.91 Å². The molecular weight excluding hydrogens is 238 g/mol. The number of benzene rings is 1. The van der Waals surface area contributed by atoms with Crippen LogP contribution in [0.4, 0.5) is 11.4 Å². The summed E-state index contributed by atoms with van der Waals surface area (Å²) in [6, 6.07) is 4.00. The normalized spacial score (nSPS) is 18.9. The maximum Gasteiger partial charge on any atom is 0.292 e. The molecule has 1 saturated heterocycles. The molecule has 1 aliphatic heterocycles. The van der Waals surface area contributed by atoms with Gasteiger partial charge in [-0.25, -0.2) is 0 Å². The highest BCUT2D eigenvalue weighted by Gasteiger charge is 2.27. The van der Waals surface area contributed by atoms with Gasteiger partial charge in [-0.3, -0.25) is 14.9 Å². The first-order valence-corrected chi connectivity index (χ1v) is 5.50. The van der Waals surface area contributed by atoms with E-state index in [0.717, 1.165) is 0 Å². The number of nitro groups is 1. The topological polar surface area (TPSA) is 110 Å². The zero-order valence-electron chi connectivity index (χ0n) is 9.57. The number of hydrogen-bond acceptors (Lipinski definition) is 5. The van der Waals surface area contributed by atoms with Crippen molar-refractivity contribution in [2.45, 2.75) is 12.5 Å². The molecular formula is C11H13N3O4. The number of nitrogens with two attached hydrogens (primary N) is 1. The van der Waals surface area contributed by atoms with Crippen molar-refractivity contribution in [1.82, 2.24) is 0 Å². The van der Waals surface area contributed by atoms with Crippen LogP contribution in [0.2, 0.25) is 0 Å². The number of nitro benzene ring substituents is 1. The summed E-state index contributed by atoms with van der Waals surface area (Å²) in [4.78, 5) is 23.2. The van der Waals surface area contributed by atoms with E-state index in [1.54, 1.807) is 4.90 Å². The number of β-amino-alcohol motifs (C(OH)–C–C–N with tert-alkyl or cyclic N) is 1. The summed E-state index contributed by atoms with van der Waals surface area (Å²) in [5, 5.41) is 20.4. The number of amides is 1. The summed E-state index contributed by atoms with van der Waals surface area (Å²) < 4.78 is 0. The van der Waals surface area contributed by atoms with Gasteiger partial charge in [0, 0.05) is 24.7 Å². The molecule has 0 saturated carbocycles. The van der Waals surface area contributed by atoms with E-state index in [1.165, 1.54) is 18.2 Å². The molecule has 1 aromatic carbocycles. The van der Waals surface area contributed by atoms with Crippen LogP contribution in [0.1, 0.15) is 16.8 Å². The lowest BCUT2D eigenvalue weighted by Crippen LogP contribution is -2.23. The first kappa shape index (κ1) is 12.3. The maximum atomic E-state index is 11.1.